The predicted octanol–water partition coefficient (Wildman–Crippen LogP) is 1.76. The number of sulfonamides is 1. The Labute approximate surface area is 171 Å². The van der Waals surface area contributed by atoms with Gasteiger partial charge in [0.25, 0.3) is 0 Å². The molecule has 2 aromatic carbocycles. The molecule has 1 amide bonds. The number of rotatable bonds is 6. The van der Waals surface area contributed by atoms with Gasteiger partial charge >= 0.3 is 0 Å². The lowest BCUT2D eigenvalue weighted by Gasteiger charge is -2.16. The van der Waals surface area contributed by atoms with Crippen LogP contribution in [0.1, 0.15) is 10.8 Å². The maximum absolute atomic E-state index is 13.0. The minimum Gasteiger partial charge on any atom is -0.383 e. The maximum atomic E-state index is 13.0. The quantitative estimate of drug-likeness (QED) is 0.339. The predicted molar refractivity (Wildman–Crippen MR) is 112 cm³/mol. The summed E-state index contributed by atoms with van der Waals surface area (Å²) in [4.78, 5) is 21.2. The van der Waals surface area contributed by atoms with E-state index in [2.05, 4.69) is 15.3 Å². The molecule has 0 aliphatic heterocycles. The normalized spacial score (nSPS) is 12.3. The molecular formula is C18H18N6O3S2. The van der Waals surface area contributed by atoms with Gasteiger partial charge in [0.15, 0.2) is 5.16 Å². The van der Waals surface area contributed by atoms with E-state index < -0.39 is 15.3 Å². The van der Waals surface area contributed by atoms with Crippen molar-refractivity contribution in [1.82, 2.24) is 9.97 Å². The Morgan fingerprint density at radius 2 is 1.55 bits per heavy atom. The van der Waals surface area contributed by atoms with E-state index in [1.54, 1.807) is 12.1 Å². The summed E-state index contributed by atoms with van der Waals surface area (Å²) in [7, 11) is -3.81. The number of benzene rings is 2. The monoisotopic (exact) mass is 430 g/mol. The molecule has 11 heteroatoms. The largest absolute Gasteiger partial charge is 0.383 e. The highest BCUT2D eigenvalue weighted by Gasteiger charge is 2.24. The Morgan fingerprint density at radius 1 is 0.966 bits per heavy atom. The fraction of sp³-hybridized carbons (Fsp3) is 0.0556. The maximum Gasteiger partial charge on any atom is 0.242 e. The Kier molecular flexibility index (Phi) is 6.01. The molecular weight excluding hydrogens is 412 g/mol. The van der Waals surface area contributed by atoms with Crippen LogP contribution in [0, 0.1) is 0 Å². The van der Waals surface area contributed by atoms with Gasteiger partial charge in [0.05, 0.1) is 4.90 Å². The molecule has 3 rings (SSSR count). The van der Waals surface area contributed by atoms with Gasteiger partial charge in [-0.15, -0.1) is 0 Å². The number of nitrogens with zero attached hydrogens (tertiary/aromatic N) is 2. The van der Waals surface area contributed by atoms with E-state index in [1.807, 2.05) is 18.2 Å². The Bertz CT molecular complexity index is 1100. The van der Waals surface area contributed by atoms with Gasteiger partial charge in [0, 0.05) is 11.8 Å². The van der Waals surface area contributed by atoms with Crippen molar-refractivity contribution in [2.45, 2.75) is 15.3 Å². The zero-order valence-electron chi connectivity index (χ0n) is 15.0. The number of nitrogen functional groups attached to an aromatic ring is 2. The lowest BCUT2D eigenvalue weighted by atomic mass is 10.1. The summed E-state index contributed by atoms with van der Waals surface area (Å²) >= 11 is 1.09. The Hall–Kier alpha value is -3.15. The van der Waals surface area contributed by atoms with E-state index in [0.29, 0.717) is 5.69 Å². The molecule has 0 spiro atoms. The highest BCUT2D eigenvalue weighted by molar-refractivity contribution is 8.00. The summed E-state index contributed by atoms with van der Waals surface area (Å²) in [5.74, 6) is 0.0470. The van der Waals surface area contributed by atoms with E-state index in [0.717, 1.165) is 17.3 Å². The molecule has 0 unspecified atom stereocenters. The molecule has 3 aromatic rings. The van der Waals surface area contributed by atoms with Gasteiger partial charge in [0.1, 0.15) is 16.9 Å². The van der Waals surface area contributed by atoms with E-state index in [1.165, 1.54) is 30.3 Å². The minimum absolute atomic E-state index is 0.0480. The van der Waals surface area contributed by atoms with Gasteiger partial charge in [-0.2, -0.15) is 0 Å². The summed E-state index contributed by atoms with van der Waals surface area (Å²) in [6, 6.07) is 16.0. The summed E-state index contributed by atoms with van der Waals surface area (Å²) < 4.78 is 22.7. The third-order valence-corrected chi connectivity index (χ3v) is 5.80. The van der Waals surface area contributed by atoms with Gasteiger partial charge in [-0.1, -0.05) is 42.1 Å². The van der Waals surface area contributed by atoms with Crippen molar-refractivity contribution in [3.05, 3.63) is 66.2 Å². The number of hydrogen-bond donors (Lipinski definition) is 4. The topological polar surface area (TPSA) is 167 Å². The number of thioether (sulfide) groups is 1. The average Bonchev–Trinajstić information content (AvgIpc) is 2.65. The fourth-order valence-corrected chi connectivity index (χ4v) is 3.96. The van der Waals surface area contributed by atoms with Crippen molar-refractivity contribution in [2.75, 3.05) is 16.8 Å². The van der Waals surface area contributed by atoms with Crippen LogP contribution in [0.3, 0.4) is 0 Å². The van der Waals surface area contributed by atoms with Crippen molar-refractivity contribution in [2.24, 2.45) is 5.14 Å². The molecule has 0 radical (unpaired) electrons. The number of aromatic nitrogens is 2. The third kappa shape index (κ3) is 5.44. The molecule has 1 heterocycles. The van der Waals surface area contributed by atoms with Crippen LogP contribution in [0.15, 0.2) is 70.7 Å². The zero-order chi connectivity index (χ0) is 21.0. The Morgan fingerprint density at radius 3 is 2.10 bits per heavy atom. The lowest BCUT2D eigenvalue weighted by molar-refractivity contribution is -0.115. The molecule has 7 N–H and O–H groups in total. The number of amides is 1. The molecule has 0 saturated heterocycles. The summed E-state index contributed by atoms with van der Waals surface area (Å²) in [5, 5.41) is 7.41. The first-order chi connectivity index (χ1) is 13.7. The molecule has 0 bridgehead atoms. The summed E-state index contributed by atoms with van der Waals surface area (Å²) in [6.07, 6.45) is 0. The second-order valence-corrected chi connectivity index (χ2v) is 8.60. The zero-order valence-corrected chi connectivity index (χ0v) is 16.7. The van der Waals surface area contributed by atoms with Gasteiger partial charge in [-0.25, -0.2) is 23.5 Å². The first-order valence-electron chi connectivity index (χ1n) is 8.28. The second kappa shape index (κ2) is 8.47. The number of carbonyl (C=O) groups is 1. The van der Waals surface area contributed by atoms with Crippen LogP contribution in [0.2, 0.25) is 0 Å². The smallest absolute Gasteiger partial charge is 0.242 e. The van der Waals surface area contributed by atoms with Crippen LogP contribution in [0.4, 0.5) is 17.3 Å². The standard InChI is InChI=1S/C18H18N6O3S2/c19-14-10-15(20)24-18(23-14)28-16(11-4-2-1-3-5-11)17(25)22-12-6-8-13(9-7-12)29(21,26)27/h1-10,16H,(H,22,25)(H2,21,26,27)(H4,19,20,23,24)/t16-/m0/s1. The van der Waals surface area contributed by atoms with E-state index in [4.69, 9.17) is 16.6 Å². The summed E-state index contributed by atoms with van der Waals surface area (Å²) in [6.45, 7) is 0. The van der Waals surface area contributed by atoms with Crippen LogP contribution in [0.25, 0.3) is 0 Å². The fourth-order valence-electron chi connectivity index (χ4n) is 2.46. The number of anilines is 3. The first-order valence-corrected chi connectivity index (χ1v) is 10.7. The molecule has 0 aliphatic carbocycles. The van der Waals surface area contributed by atoms with Crippen LogP contribution in [-0.2, 0) is 14.8 Å². The van der Waals surface area contributed by atoms with Crippen molar-refractivity contribution in [3.63, 3.8) is 0 Å². The molecule has 9 nitrogen and oxygen atoms in total. The van der Waals surface area contributed by atoms with Gasteiger partial charge < -0.3 is 16.8 Å². The number of hydrogen-bond acceptors (Lipinski definition) is 8. The first kappa shape index (κ1) is 20.6. The molecule has 29 heavy (non-hydrogen) atoms. The molecule has 0 aliphatic rings. The average molecular weight is 431 g/mol. The van der Waals surface area contributed by atoms with Gasteiger partial charge in [-0.05, 0) is 29.8 Å². The Balaban J connectivity index is 1.86. The molecule has 0 fully saturated rings. The number of nitrogens with one attached hydrogen (secondary N) is 1. The number of primary sulfonamides is 1. The highest BCUT2D eigenvalue weighted by Crippen LogP contribution is 2.35. The number of nitrogens with two attached hydrogens (primary N) is 3. The molecule has 0 saturated carbocycles. The lowest BCUT2D eigenvalue weighted by Crippen LogP contribution is -2.19. The minimum atomic E-state index is -3.81. The molecule has 150 valence electrons. The summed E-state index contributed by atoms with van der Waals surface area (Å²) in [5.41, 5.74) is 12.6. The highest BCUT2D eigenvalue weighted by atomic mass is 32.2. The van der Waals surface area contributed by atoms with Crippen molar-refractivity contribution >= 4 is 45.0 Å². The van der Waals surface area contributed by atoms with Gasteiger partial charge in [0.2, 0.25) is 15.9 Å². The van der Waals surface area contributed by atoms with Crippen LogP contribution in [-0.4, -0.2) is 24.3 Å². The second-order valence-electron chi connectivity index (χ2n) is 5.97. The molecule has 1 atom stereocenters. The van der Waals surface area contributed by atoms with Crippen molar-refractivity contribution < 1.29 is 13.2 Å². The van der Waals surface area contributed by atoms with Crippen molar-refractivity contribution in [3.8, 4) is 0 Å². The third-order valence-electron chi connectivity index (χ3n) is 3.76. The molecule has 1 aromatic heterocycles. The van der Waals surface area contributed by atoms with Crippen LogP contribution >= 0.6 is 11.8 Å². The van der Waals surface area contributed by atoms with E-state index in [-0.39, 0.29) is 27.6 Å². The van der Waals surface area contributed by atoms with E-state index >= 15 is 0 Å². The van der Waals surface area contributed by atoms with E-state index in [9.17, 15) is 13.2 Å². The van der Waals surface area contributed by atoms with Crippen LogP contribution in [0.5, 0.6) is 0 Å². The van der Waals surface area contributed by atoms with Crippen molar-refractivity contribution in [1.29, 1.82) is 0 Å². The van der Waals surface area contributed by atoms with Gasteiger partial charge in [-0.3, -0.25) is 4.79 Å². The SMILES string of the molecule is Nc1cc(N)nc(S[C@H](C(=O)Nc2ccc(S(N)(=O)=O)cc2)c2ccccc2)n1. The number of carbonyl (C=O) groups excluding carboxylic acids is 1. The van der Waals surface area contributed by atoms with Crippen LogP contribution < -0.4 is 21.9 Å².